The maximum atomic E-state index is 12.9. The second kappa shape index (κ2) is 26.4. The van der Waals surface area contributed by atoms with Crippen molar-refractivity contribution in [3.05, 3.63) is 163 Å². The summed E-state index contributed by atoms with van der Waals surface area (Å²) in [5, 5.41) is 7.04. The molecule has 5 N–H and O–H groups in total. The molecule has 82 heavy (non-hydrogen) atoms. The van der Waals surface area contributed by atoms with Crippen LogP contribution >= 0.6 is 34.8 Å². The number of aryl methyl sites for hydroxylation is 2. The van der Waals surface area contributed by atoms with Crippen LogP contribution in [0.25, 0.3) is 0 Å². The second-order valence-corrected chi connectivity index (χ2v) is 26.1. The molecule has 2 atom stereocenters. The van der Waals surface area contributed by atoms with Crippen LogP contribution in [0.3, 0.4) is 0 Å². The average molecular weight is 1220 g/mol. The van der Waals surface area contributed by atoms with Gasteiger partial charge in [-0.2, -0.15) is 4.98 Å². The number of hydrogen-bond acceptors (Lipinski definition) is 16. The van der Waals surface area contributed by atoms with Crippen molar-refractivity contribution in [1.82, 2.24) is 40.4 Å². The van der Waals surface area contributed by atoms with Gasteiger partial charge in [-0.1, -0.05) is 85.2 Å². The van der Waals surface area contributed by atoms with E-state index >= 15 is 0 Å². The molecule has 2 aromatic heterocycles. The Morgan fingerprint density at radius 3 is 1.72 bits per heavy atom. The van der Waals surface area contributed by atoms with Crippen LogP contribution in [0.15, 0.2) is 107 Å². The number of carbonyl (C=O) groups excluding carboxylic acids is 6. The van der Waals surface area contributed by atoms with Gasteiger partial charge in [0.2, 0.25) is 28.9 Å². The molecule has 0 bridgehead atoms. The van der Waals surface area contributed by atoms with E-state index in [0.717, 1.165) is 22.3 Å². The van der Waals surface area contributed by atoms with Crippen LogP contribution in [0.4, 0.5) is 11.5 Å². The predicted octanol–water partition coefficient (Wildman–Crippen LogP) is 7.70. The van der Waals surface area contributed by atoms with Crippen LogP contribution in [-0.2, 0) is 77.7 Å². The van der Waals surface area contributed by atoms with Crippen LogP contribution in [0.1, 0.15) is 121 Å². The minimum Gasteiger partial charge on any atom is -0.338 e. The lowest BCUT2D eigenvalue weighted by Gasteiger charge is -2.29. The van der Waals surface area contributed by atoms with E-state index < -0.39 is 48.2 Å². The molecule has 2 fully saturated rings. The first-order chi connectivity index (χ1) is 38.5. The van der Waals surface area contributed by atoms with E-state index in [1.165, 1.54) is 28.3 Å². The number of nitrogens with zero attached hydrogens (tertiary/aromatic N) is 6. The fourth-order valence-electron chi connectivity index (χ4n) is 9.48. The zero-order valence-electron chi connectivity index (χ0n) is 44.4. The van der Waals surface area contributed by atoms with E-state index in [1.54, 1.807) is 82.3 Å². The predicted molar refractivity (Wildman–Crippen MR) is 310 cm³/mol. The third-order valence-corrected chi connectivity index (χ3v) is 19.2. The Hall–Kier alpha value is -7.21. The summed E-state index contributed by atoms with van der Waals surface area (Å²) in [5.41, 5.74) is 12.0. The summed E-state index contributed by atoms with van der Waals surface area (Å²) in [6, 6.07) is 23.3. The monoisotopic (exact) mass is 1210 g/mol. The Kier molecular flexibility index (Phi) is 20.1. The van der Waals surface area contributed by atoms with Crippen LogP contribution in [-0.4, -0.2) is 105 Å². The van der Waals surface area contributed by atoms with E-state index in [0.29, 0.717) is 84.2 Å². The molecule has 4 aliphatic heterocycles. The zero-order chi connectivity index (χ0) is 58.5. The van der Waals surface area contributed by atoms with Crippen LogP contribution in [0.2, 0.25) is 15.3 Å². The van der Waals surface area contributed by atoms with E-state index in [2.05, 4.69) is 35.9 Å². The van der Waals surface area contributed by atoms with Gasteiger partial charge < -0.3 is 20.9 Å². The Morgan fingerprint density at radius 2 is 1.16 bits per heavy atom. The van der Waals surface area contributed by atoms with Crippen molar-refractivity contribution in [3.8, 4) is 0 Å². The van der Waals surface area contributed by atoms with Gasteiger partial charge in [0.25, 0.3) is 11.8 Å². The maximum Gasteiger partial charge on any atom is 0.255 e. The van der Waals surface area contributed by atoms with Gasteiger partial charge >= 0.3 is 0 Å². The smallest absolute Gasteiger partial charge is 0.255 e. The van der Waals surface area contributed by atoms with Gasteiger partial charge in [0.05, 0.1) is 42.9 Å². The minimum absolute atomic E-state index is 0. The summed E-state index contributed by atoms with van der Waals surface area (Å²) in [4.78, 5) is 92.4. The van der Waals surface area contributed by atoms with Gasteiger partial charge in [-0.3, -0.25) is 39.4 Å². The first kappa shape index (κ1) is 62.4. The number of fused-ring (bicyclic) bond motifs is 2. The lowest BCUT2D eigenvalue weighted by molar-refractivity contribution is -0.138. The molecule has 6 amide bonds. The third-order valence-electron chi connectivity index (χ3n) is 14.0. The number of amides is 6. The Balaban J connectivity index is 0.000000194. The maximum absolute atomic E-state index is 12.9. The number of halogens is 3. The van der Waals surface area contributed by atoms with Gasteiger partial charge in [-0.05, 0) is 117 Å². The van der Waals surface area contributed by atoms with Crippen molar-refractivity contribution in [1.29, 1.82) is 0 Å². The highest BCUT2D eigenvalue weighted by Crippen LogP contribution is 2.33. The first-order valence-electron chi connectivity index (χ1n) is 25.8. The molecule has 0 radical (unpaired) electrons. The number of para-hydroxylation sites is 1. The molecular formula is C57H61Cl3N10O10S2. The number of carbonyl (C=O) groups is 6. The molecule has 10 rings (SSSR count). The molecule has 4 aliphatic rings. The lowest BCUT2D eigenvalue weighted by Crippen LogP contribution is -2.52. The van der Waals surface area contributed by atoms with Crippen molar-refractivity contribution in [2.24, 2.45) is 5.73 Å². The lowest BCUT2D eigenvalue weighted by atomic mass is 10.0. The zero-order valence-corrected chi connectivity index (χ0v) is 48.3. The number of nitrogens with two attached hydrogens (primary N) is 1. The number of benzene rings is 4. The second-order valence-electron chi connectivity index (χ2n) is 20.0. The molecule has 4 aromatic carbocycles. The molecule has 0 saturated carbocycles. The highest BCUT2D eigenvalue weighted by molar-refractivity contribution is 7.92. The van der Waals surface area contributed by atoms with Crippen LogP contribution in [0.5, 0.6) is 0 Å². The minimum atomic E-state index is -3.47. The SMILES string of the molecule is C.CC(C)S(=O)(=O)c1ccccc1Cc1nc(CCc2ccc3c(c2)CN(C2CCC(=O)NC2=O)C3=O)ncc1Cl.CC(C)S(=O)(=O)c1ccccc1Nc1nc(Cl)ncc1Cl.NCc1ccc2c(c1)CN(C1CCC(=O)NC1=O)C2=O. The number of aromatic nitrogens is 4. The summed E-state index contributed by atoms with van der Waals surface area (Å²) in [6.45, 7) is 7.69. The summed E-state index contributed by atoms with van der Waals surface area (Å²) < 4.78 is 50.5. The standard InChI is InChI=1S/C29H29ClN4O5S.C14H15N3O3.C13H13Cl2N3O2S.CH4/c1-17(2)40(38,39)25-6-4-3-5-19(25)14-23-22(30)15-31-26(32-23)11-8-18-7-9-21-20(13-18)16-34(29(21)37)24-10-12-27(35)33-28(24)36;15-6-8-1-2-10-9(5-8)7-17(14(10)20)11-3-4-12(18)16-13(11)19;1-8(2)21(19,20)11-6-4-3-5-10(11)17-12-9(14)7-16-13(15)18-12;/h3-7,9,13,15,17,24H,8,10-12,14,16H2,1-2H3,(H,33,35,36);1-2,5,11H,3-4,6-7,15H2,(H,16,18,19);3-8H,1-2H3,(H,16,17,18);1H4. The largest absolute Gasteiger partial charge is 0.338 e. The van der Waals surface area contributed by atoms with Crippen molar-refractivity contribution in [2.75, 3.05) is 5.32 Å². The summed E-state index contributed by atoms with van der Waals surface area (Å²) in [5.74, 6) is -0.946. The fourth-order valence-corrected chi connectivity index (χ4v) is 12.4. The number of anilines is 2. The van der Waals surface area contributed by atoms with E-state index in [9.17, 15) is 45.6 Å². The molecule has 6 aromatic rings. The van der Waals surface area contributed by atoms with Gasteiger partial charge in [0, 0.05) is 62.6 Å². The molecule has 25 heteroatoms. The Bertz CT molecular complexity index is 3720. The van der Waals surface area contributed by atoms with E-state index in [-0.39, 0.29) is 82.1 Å². The number of hydrogen-bond donors (Lipinski definition) is 4. The summed E-state index contributed by atoms with van der Waals surface area (Å²) in [6.07, 6.45) is 5.45. The summed E-state index contributed by atoms with van der Waals surface area (Å²) >= 11 is 18.1. The van der Waals surface area contributed by atoms with Gasteiger partial charge in [-0.25, -0.2) is 31.8 Å². The molecule has 0 spiro atoms. The number of sulfone groups is 2. The van der Waals surface area contributed by atoms with Gasteiger partial charge in [0.1, 0.15) is 22.9 Å². The quantitative estimate of drug-likeness (QED) is 0.0600. The first-order valence-corrected chi connectivity index (χ1v) is 30.0. The fraction of sp³-hybridized carbons (Fsp3) is 0.333. The Labute approximate surface area is 490 Å². The average Bonchev–Trinajstić information content (AvgIpc) is 4.11. The molecular weight excluding hydrogens is 1160 g/mol. The molecule has 2 saturated heterocycles. The molecule has 6 heterocycles. The number of imide groups is 2. The van der Waals surface area contributed by atoms with E-state index in [1.807, 2.05) is 24.3 Å². The van der Waals surface area contributed by atoms with Gasteiger partial charge in [0.15, 0.2) is 25.5 Å². The van der Waals surface area contributed by atoms with Crippen LogP contribution in [0, 0.1) is 0 Å². The highest BCUT2D eigenvalue weighted by Gasteiger charge is 2.40. The molecule has 20 nitrogen and oxygen atoms in total. The number of rotatable bonds is 14. The number of piperidine rings is 2. The normalized spacial score (nSPS) is 16.8. The Morgan fingerprint density at radius 1 is 0.646 bits per heavy atom. The van der Waals surface area contributed by atoms with Crippen molar-refractivity contribution in [3.63, 3.8) is 0 Å². The molecule has 0 aliphatic carbocycles. The van der Waals surface area contributed by atoms with Gasteiger partial charge in [-0.15, -0.1) is 0 Å². The molecule has 432 valence electrons. The van der Waals surface area contributed by atoms with Crippen LogP contribution < -0.4 is 21.7 Å². The highest BCUT2D eigenvalue weighted by atomic mass is 35.5. The third kappa shape index (κ3) is 14.0. The van der Waals surface area contributed by atoms with Crippen molar-refractivity contribution in [2.45, 2.75) is 132 Å². The van der Waals surface area contributed by atoms with Crippen molar-refractivity contribution < 1.29 is 45.6 Å². The van der Waals surface area contributed by atoms with Crippen molar-refractivity contribution >= 4 is 101 Å². The topological polar surface area (TPSA) is 291 Å². The van der Waals surface area contributed by atoms with E-state index in [4.69, 9.17) is 40.5 Å². The summed E-state index contributed by atoms with van der Waals surface area (Å²) in [7, 11) is -6.91. The number of nitrogens with one attached hydrogen (secondary N) is 3. The molecule has 2 unspecified atom stereocenters.